The second kappa shape index (κ2) is 8.87. The zero-order valence-corrected chi connectivity index (χ0v) is 12.9. The lowest BCUT2D eigenvalue weighted by molar-refractivity contribution is -0.137. The average Bonchev–Trinajstić information content (AvgIpc) is 2.40. The second-order valence-electron chi connectivity index (χ2n) is 4.43. The molecule has 0 fully saturated rings. The Morgan fingerprint density at radius 2 is 1.95 bits per heavy atom. The van der Waals surface area contributed by atoms with Gasteiger partial charge in [0, 0.05) is 30.8 Å². The molecule has 0 radical (unpaired) electrons. The molecule has 20 heavy (non-hydrogen) atoms. The molecule has 0 heterocycles. The molecule has 1 amide bonds. The van der Waals surface area contributed by atoms with Crippen molar-refractivity contribution in [3.8, 4) is 0 Å². The van der Waals surface area contributed by atoms with E-state index in [0.717, 1.165) is 11.3 Å². The van der Waals surface area contributed by atoms with E-state index in [1.807, 2.05) is 24.3 Å². The van der Waals surface area contributed by atoms with Crippen molar-refractivity contribution in [2.45, 2.75) is 18.6 Å². The number of hydrogen-bond donors (Lipinski definition) is 1. The van der Waals surface area contributed by atoms with E-state index in [-0.39, 0.29) is 12.3 Å². The number of aliphatic carboxylic acids is 1. The summed E-state index contributed by atoms with van der Waals surface area (Å²) in [5.74, 6) is 0.343. The van der Waals surface area contributed by atoms with Crippen LogP contribution in [-0.2, 0) is 15.3 Å². The second-order valence-corrected chi connectivity index (χ2v) is 5.85. The van der Waals surface area contributed by atoms with E-state index in [1.165, 1.54) is 11.8 Å². The van der Waals surface area contributed by atoms with Crippen LogP contribution >= 0.6 is 23.4 Å². The van der Waals surface area contributed by atoms with E-state index < -0.39 is 5.97 Å². The van der Waals surface area contributed by atoms with Crippen LogP contribution < -0.4 is 0 Å². The molecule has 1 N–H and O–H groups in total. The monoisotopic (exact) mass is 315 g/mol. The number of hydrogen-bond acceptors (Lipinski definition) is 3. The smallest absolute Gasteiger partial charge is 0.303 e. The van der Waals surface area contributed by atoms with E-state index in [9.17, 15) is 9.59 Å². The number of carbonyl (C=O) groups excluding carboxylic acids is 1. The van der Waals surface area contributed by atoms with Crippen molar-refractivity contribution >= 4 is 35.2 Å². The van der Waals surface area contributed by atoms with Gasteiger partial charge >= 0.3 is 5.97 Å². The molecule has 0 unspecified atom stereocenters. The number of carboxylic acids is 1. The maximum atomic E-state index is 11.8. The fraction of sp³-hybridized carbons (Fsp3) is 0.429. The Hall–Kier alpha value is -1.20. The number of amides is 1. The Morgan fingerprint density at radius 1 is 1.30 bits per heavy atom. The van der Waals surface area contributed by atoms with Crippen molar-refractivity contribution in [3.63, 3.8) is 0 Å². The van der Waals surface area contributed by atoms with Gasteiger partial charge in [-0.2, -0.15) is 0 Å². The van der Waals surface area contributed by atoms with E-state index in [0.29, 0.717) is 23.7 Å². The minimum atomic E-state index is -0.831. The van der Waals surface area contributed by atoms with Crippen LogP contribution in [0.2, 0.25) is 5.02 Å². The Kier molecular flexibility index (Phi) is 7.47. The Labute approximate surface area is 128 Å². The standard InChI is InChI=1S/C14H18ClNO3S/c1-16(8-2-3-14(18)19)13(17)10-20-9-11-4-6-12(15)7-5-11/h4-7H,2-3,8-10H2,1H3,(H,18,19). The van der Waals surface area contributed by atoms with Gasteiger partial charge in [-0.25, -0.2) is 0 Å². The van der Waals surface area contributed by atoms with Gasteiger partial charge in [0.1, 0.15) is 0 Å². The van der Waals surface area contributed by atoms with Crippen LogP contribution in [-0.4, -0.2) is 41.2 Å². The number of benzene rings is 1. The summed E-state index contributed by atoms with van der Waals surface area (Å²) in [5.41, 5.74) is 1.13. The van der Waals surface area contributed by atoms with Crippen LogP contribution in [0.1, 0.15) is 18.4 Å². The van der Waals surface area contributed by atoms with Crippen LogP contribution in [0.25, 0.3) is 0 Å². The third-order valence-corrected chi connectivity index (χ3v) is 3.96. The number of halogens is 1. The molecule has 0 atom stereocenters. The van der Waals surface area contributed by atoms with Gasteiger partial charge in [-0.05, 0) is 24.1 Å². The number of thioether (sulfide) groups is 1. The van der Waals surface area contributed by atoms with Gasteiger partial charge < -0.3 is 10.0 Å². The third kappa shape index (κ3) is 6.82. The molecular weight excluding hydrogens is 298 g/mol. The normalized spacial score (nSPS) is 10.3. The van der Waals surface area contributed by atoms with Gasteiger partial charge in [0.15, 0.2) is 0 Å². The van der Waals surface area contributed by atoms with Crippen LogP contribution in [0.5, 0.6) is 0 Å². The van der Waals surface area contributed by atoms with Crippen LogP contribution in [0.4, 0.5) is 0 Å². The van der Waals surface area contributed by atoms with Crippen LogP contribution in [0.3, 0.4) is 0 Å². The van der Waals surface area contributed by atoms with Crippen molar-refractivity contribution in [2.75, 3.05) is 19.3 Å². The lowest BCUT2D eigenvalue weighted by Crippen LogP contribution is -2.29. The summed E-state index contributed by atoms with van der Waals surface area (Å²) in [6.07, 6.45) is 0.578. The highest BCUT2D eigenvalue weighted by Gasteiger charge is 2.09. The van der Waals surface area contributed by atoms with Crippen molar-refractivity contribution in [2.24, 2.45) is 0 Å². The first-order valence-corrected chi connectivity index (χ1v) is 7.80. The molecule has 1 aromatic rings. The molecule has 0 saturated carbocycles. The first-order valence-electron chi connectivity index (χ1n) is 6.27. The maximum absolute atomic E-state index is 11.8. The molecule has 0 saturated heterocycles. The number of carboxylic acid groups (broad SMARTS) is 1. The quantitative estimate of drug-likeness (QED) is 0.801. The van der Waals surface area contributed by atoms with Gasteiger partial charge in [-0.1, -0.05) is 23.7 Å². The molecule has 6 heteroatoms. The predicted octanol–water partition coefficient (Wildman–Crippen LogP) is 2.90. The van der Waals surface area contributed by atoms with Gasteiger partial charge in [-0.3, -0.25) is 9.59 Å². The number of nitrogens with zero attached hydrogens (tertiary/aromatic N) is 1. The molecule has 0 spiro atoms. The van der Waals surface area contributed by atoms with Crippen molar-refractivity contribution in [3.05, 3.63) is 34.9 Å². The van der Waals surface area contributed by atoms with Crippen molar-refractivity contribution < 1.29 is 14.7 Å². The van der Waals surface area contributed by atoms with E-state index in [2.05, 4.69) is 0 Å². The highest BCUT2D eigenvalue weighted by atomic mass is 35.5. The SMILES string of the molecule is CN(CCCC(=O)O)C(=O)CSCc1ccc(Cl)cc1. The summed E-state index contributed by atoms with van der Waals surface area (Å²) in [7, 11) is 1.70. The first kappa shape index (κ1) is 16.9. The molecule has 0 aliphatic rings. The molecule has 0 aliphatic carbocycles. The van der Waals surface area contributed by atoms with Crippen LogP contribution in [0, 0.1) is 0 Å². The summed E-state index contributed by atoms with van der Waals surface area (Å²) in [6.45, 7) is 0.479. The fourth-order valence-corrected chi connectivity index (χ4v) is 2.59. The Morgan fingerprint density at radius 3 is 2.55 bits per heavy atom. The average molecular weight is 316 g/mol. The van der Waals surface area contributed by atoms with E-state index in [4.69, 9.17) is 16.7 Å². The summed E-state index contributed by atoms with van der Waals surface area (Å²) >= 11 is 7.34. The molecule has 0 aromatic heterocycles. The highest BCUT2D eigenvalue weighted by molar-refractivity contribution is 7.99. The summed E-state index contributed by atoms with van der Waals surface area (Å²) in [5, 5.41) is 9.24. The molecule has 4 nitrogen and oxygen atoms in total. The Balaban J connectivity index is 2.21. The Bertz CT molecular complexity index is 450. The molecule has 0 aliphatic heterocycles. The molecule has 110 valence electrons. The third-order valence-electron chi connectivity index (χ3n) is 2.72. The highest BCUT2D eigenvalue weighted by Crippen LogP contribution is 2.15. The zero-order valence-electron chi connectivity index (χ0n) is 11.3. The minimum Gasteiger partial charge on any atom is -0.481 e. The molecule has 1 aromatic carbocycles. The van der Waals surface area contributed by atoms with Crippen molar-refractivity contribution in [1.82, 2.24) is 4.90 Å². The predicted molar refractivity (Wildman–Crippen MR) is 82.1 cm³/mol. The number of rotatable bonds is 8. The topological polar surface area (TPSA) is 57.6 Å². The van der Waals surface area contributed by atoms with E-state index in [1.54, 1.807) is 11.9 Å². The van der Waals surface area contributed by atoms with Gasteiger partial charge in [0.2, 0.25) is 5.91 Å². The zero-order chi connectivity index (χ0) is 15.0. The number of carbonyl (C=O) groups is 2. The first-order chi connectivity index (χ1) is 9.49. The maximum Gasteiger partial charge on any atom is 0.303 e. The van der Waals surface area contributed by atoms with Gasteiger partial charge in [0.05, 0.1) is 5.75 Å². The lowest BCUT2D eigenvalue weighted by Gasteiger charge is -2.16. The molecular formula is C14H18ClNO3S. The largest absolute Gasteiger partial charge is 0.481 e. The molecule has 0 bridgehead atoms. The van der Waals surface area contributed by atoms with Gasteiger partial charge in [-0.15, -0.1) is 11.8 Å². The van der Waals surface area contributed by atoms with Crippen LogP contribution in [0.15, 0.2) is 24.3 Å². The van der Waals surface area contributed by atoms with Gasteiger partial charge in [0.25, 0.3) is 0 Å². The van der Waals surface area contributed by atoms with E-state index >= 15 is 0 Å². The lowest BCUT2D eigenvalue weighted by atomic mass is 10.2. The summed E-state index contributed by atoms with van der Waals surface area (Å²) in [6, 6.07) is 7.54. The minimum absolute atomic E-state index is 0.0225. The van der Waals surface area contributed by atoms with Crippen molar-refractivity contribution in [1.29, 1.82) is 0 Å². The fourth-order valence-electron chi connectivity index (χ4n) is 1.54. The summed E-state index contributed by atoms with van der Waals surface area (Å²) < 4.78 is 0. The summed E-state index contributed by atoms with van der Waals surface area (Å²) in [4.78, 5) is 23.8. The molecule has 1 rings (SSSR count).